The zero-order valence-corrected chi connectivity index (χ0v) is 8.50. The lowest BCUT2D eigenvalue weighted by Crippen LogP contribution is -2.31. The molecule has 3 heteroatoms. The maximum Gasteiger partial charge on any atom is 0.0701 e. The SMILES string of the molecule is COCCOCC(N)CC1CCC1. The molecule has 1 saturated carbocycles. The minimum absolute atomic E-state index is 0.224. The fourth-order valence-corrected chi connectivity index (χ4v) is 1.60. The van der Waals surface area contributed by atoms with Crippen LogP contribution in [-0.4, -0.2) is 33.0 Å². The quantitative estimate of drug-likeness (QED) is 0.608. The lowest BCUT2D eigenvalue weighted by molar-refractivity contribution is 0.0583. The number of hydrogen-bond acceptors (Lipinski definition) is 3. The first-order valence-electron chi connectivity index (χ1n) is 5.15. The topological polar surface area (TPSA) is 44.5 Å². The molecule has 0 heterocycles. The molecule has 0 amide bonds. The first kappa shape index (κ1) is 11.0. The lowest BCUT2D eigenvalue weighted by Gasteiger charge is -2.27. The third-order valence-electron chi connectivity index (χ3n) is 2.62. The summed E-state index contributed by atoms with van der Waals surface area (Å²) in [5.74, 6) is 0.876. The maximum atomic E-state index is 5.90. The summed E-state index contributed by atoms with van der Waals surface area (Å²) in [6.07, 6.45) is 5.26. The van der Waals surface area contributed by atoms with Crippen LogP contribution in [-0.2, 0) is 9.47 Å². The number of nitrogens with two attached hydrogens (primary N) is 1. The Balaban J connectivity index is 1.87. The number of rotatable bonds is 7. The van der Waals surface area contributed by atoms with Crippen molar-refractivity contribution in [3.05, 3.63) is 0 Å². The van der Waals surface area contributed by atoms with Crippen molar-refractivity contribution < 1.29 is 9.47 Å². The molecule has 1 aliphatic rings. The highest BCUT2D eigenvalue weighted by Crippen LogP contribution is 2.29. The highest BCUT2D eigenvalue weighted by molar-refractivity contribution is 4.74. The monoisotopic (exact) mass is 187 g/mol. The number of methoxy groups -OCH3 is 1. The second-order valence-electron chi connectivity index (χ2n) is 3.86. The van der Waals surface area contributed by atoms with Crippen LogP contribution in [0.5, 0.6) is 0 Å². The van der Waals surface area contributed by atoms with Crippen molar-refractivity contribution in [2.24, 2.45) is 11.7 Å². The van der Waals surface area contributed by atoms with Gasteiger partial charge in [-0.2, -0.15) is 0 Å². The van der Waals surface area contributed by atoms with Crippen LogP contribution in [0.4, 0.5) is 0 Å². The molecular formula is C10H21NO2. The summed E-state index contributed by atoms with van der Waals surface area (Å²) in [7, 11) is 1.68. The van der Waals surface area contributed by atoms with Crippen molar-refractivity contribution in [1.29, 1.82) is 0 Å². The molecule has 2 N–H and O–H groups in total. The molecule has 0 bridgehead atoms. The molecule has 13 heavy (non-hydrogen) atoms. The van der Waals surface area contributed by atoms with Crippen molar-refractivity contribution in [2.45, 2.75) is 31.7 Å². The van der Waals surface area contributed by atoms with Crippen LogP contribution in [0, 0.1) is 5.92 Å². The maximum absolute atomic E-state index is 5.90. The minimum atomic E-state index is 0.224. The Hall–Kier alpha value is -0.120. The van der Waals surface area contributed by atoms with Crippen LogP contribution in [0.25, 0.3) is 0 Å². The second kappa shape index (κ2) is 6.35. The summed E-state index contributed by atoms with van der Waals surface area (Å²) in [6, 6.07) is 0.224. The van der Waals surface area contributed by atoms with Gasteiger partial charge in [-0.3, -0.25) is 0 Å². The van der Waals surface area contributed by atoms with Crippen molar-refractivity contribution in [1.82, 2.24) is 0 Å². The van der Waals surface area contributed by atoms with Crippen LogP contribution in [0.15, 0.2) is 0 Å². The first-order chi connectivity index (χ1) is 6.33. The highest BCUT2D eigenvalue weighted by atomic mass is 16.5. The number of hydrogen-bond donors (Lipinski definition) is 1. The molecule has 1 fully saturated rings. The Morgan fingerprint density at radius 1 is 1.38 bits per heavy atom. The molecule has 0 aromatic heterocycles. The van der Waals surface area contributed by atoms with E-state index < -0.39 is 0 Å². The molecule has 1 rings (SSSR count). The summed E-state index contributed by atoms with van der Waals surface area (Å²) in [4.78, 5) is 0. The fourth-order valence-electron chi connectivity index (χ4n) is 1.60. The first-order valence-corrected chi connectivity index (χ1v) is 5.15. The Kier molecular flexibility index (Phi) is 5.35. The smallest absolute Gasteiger partial charge is 0.0701 e. The Morgan fingerprint density at radius 3 is 2.69 bits per heavy atom. The van der Waals surface area contributed by atoms with Gasteiger partial charge in [0.2, 0.25) is 0 Å². The summed E-state index contributed by atoms with van der Waals surface area (Å²) in [5, 5.41) is 0. The summed E-state index contributed by atoms with van der Waals surface area (Å²) >= 11 is 0. The van der Waals surface area contributed by atoms with E-state index in [0.29, 0.717) is 19.8 Å². The normalized spacial score (nSPS) is 19.8. The van der Waals surface area contributed by atoms with Gasteiger partial charge in [-0.1, -0.05) is 19.3 Å². The van der Waals surface area contributed by atoms with E-state index in [1.807, 2.05) is 0 Å². The van der Waals surface area contributed by atoms with Gasteiger partial charge in [0.25, 0.3) is 0 Å². The Bertz CT molecular complexity index is 126. The fraction of sp³-hybridized carbons (Fsp3) is 1.00. The molecule has 0 saturated heterocycles. The summed E-state index contributed by atoms with van der Waals surface area (Å²) in [6.45, 7) is 2.00. The largest absolute Gasteiger partial charge is 0.382 e. The zero-order valence-electron chi connectivity index (χ0n) is 8.50. The van der Waals surface area contributed by atoms with Gasteiger partial charge in [0, 0.05) is 13.2 Å². The molecule has 1 unspecified atom stereocenters. The molecule has 0 aromatic rings. The van der Waals surface area contributed by atoms with Crippen LogP contribution in [0.2, 0.25) is 0 Å². The van der Waals surface area contributed by atoms with E-state index in [0.717, 1.165) is 12.3 Å². The van der Waals surface area contributed by atoms with E-state index >= 15 is 0 Å². The van der Waals surface area contributed by atoms with Crippen molar-refractivity contribution in [3.63, 3.8) is 0 Å². The van der Waals surface area contributed by atoms with Gasteiger partial charge in [-0.05, 0) is 12.3 Å². The van der Waals surface area contributed by atoms with Gasteiger partial charge in [-0.25, -0.2) is 0 Å². The van der Waals surface area contributed by atoms with Gasteiger partial charge in [-0.15, -0.1) is 0 Å². The molecule has 78 valence electrons. The van der Waals surface area contributed by atoms with E-state index in [9.17, 15) is 0 Å². The van der Waals surface area contributed by atoms with Gasteiger partial charge in [0.15, 0.2) is 0 Å². The van der Waals surface area contributed by atoms with Gasteiger partial charge < -0.3 is 15.2 Å². The van der Waals surface area contributed by atoms with Crippen molar-refractivity contribution in [2.75, 3.05) is 26.9 Å². The minimum Gasteiger partial charge on any atom is -0.382 e. The third-order valence-corrected chi connectivity index (χ3v) is 2.62. The summed E-state index contributed by atoms with van der Waals surface area (Å²) in [5.41, 5.74) is 5.90. The van der Waals surface area contributed by atoms with E-state index in [-0.39, 0.29) is 6.04 Å². The lowest BCUT2D eigenvalue weighted by atomic mass is 9.81. The van der Waals surface area contributed by atoms with E-state index in [1.165, 1.54) is 19.3 Å². The van der Waals surface area contributed by atoms with Gasteiger partial charge >= 0.3 is 0 Å². The van der Waals surface area contributed by atoms with Crippen molar-refractivity contribution >= 4 is 0 Å². The van der Waals surface area contributed by atoms with Crippen LogP contribution >= 0.6 is 0 Å². The highest BCUT2D eigenvalue weighted by Gasteiger charge is 2.19. The molecular weight excluding hydrogens is 166 g/mol. The molecule has 0 spiro atoms. The predicted molar refractivity (Wildman–Crippen MR) is 52.6 cm³/mol. The Labute approximate surface area is 80.6 Å². The molecule has 0 aromatic carbocycles. The average Bonchev–Trinajstić information content (AvgIpc) is 2.06. The Morgan fingerprint density at radius 2 is 2.15 bits per heavy atom. The number of ether oxygens (including phenoxy) is 2. The molecule has 0 radical (unpaired) electrons. The van der Waals surface area contributed by atoms with Gasteiger partial charge in [0.1, 0.15) is 0 Å². The molecule has 1 aliphatic carbocycles. The second-order valence-corrected chi connectivity index (χ2v) is 3.86. The standard InChI is InChI=1S/C10H21NO2/c1-12-5-6-13-8-10(11)7-9-3-2-4-9/h9-10H,2-8,11H2,1H3. The average molecular weight is 187 g/mol. The third kappa shape index (κ3) is 4.60. The van der Waals surface area contributed by atoms with Gasteiger partial charge in [0.05, 0.1) is 19.8 Å². The molecule has 1 atom stereocenters. The van der Waals surface area contributed by atoms with E-state index in [2.05, 4.69) is 0 Å². The summed E-state index contributed by atoms with van der Waals surface area (Å²) < 4.78 is 10.2. The van der Waals surface area contributed by atoms with Crippen LogP contribution < -0.4 is 5.73 Å². The zero-order chi connectivity index (χ0) is 9.52. The van der Waals surface area contributed by atoms with E-state index in [1.54, 1.807) is 7.11 Å². The van der Waals surface area contributed by atoms with Crippen LogP contribution in [0.3, 0.4) is 0 Å². The molecule has 0 aliphatic heterocycles. The predicted octanol–water partition coefficient (Wildman–Crippen LogP) is 1.17. The van der Waals surface area contributed by atoms with Crippen molar-refractivity contribution in [3.8, 4) is 0 Å². The molecule has 3 nitrogen and oxygen atoms in total. The van der Waals surface area contributed by atoms with Crippen LogP contribution in [0.1, 0.15) is 25.7 Å². The van der Waals surface area contributed by atoms with E-state index in [4.69, 9.17) is 15.2 Å².